The maximum absolute atomic E-state index is 13.3. The minimum atomic E-state index is -1.15. The molecule has 1 aliphatic carbocycles. The van der Waals surface area contributed by atoms with Gasteiger partial charge in [0.05, 0.1) is 6.54 Å². The second-order valence-corrected chi connectivity index (χ2v) is 8.04. The highest BCUT2D eigenvalue weighted by molar-refractivity contribution is 6.09. The maximum atomic E-state index is 13.3. The smallest absolute Gasteiger partial charge is 0.325 e. The van der Waals surface area contributed by atoms with E-state index in [0.717, 1.165) is 33.8 Å². The van der Waals surface area contributed by atoms with Crippen molar-refractivity contribution in [2.24, 2.45) is 0 Å². The molecule has 1 aliphatic heterocycles. The molecule has 4 rings (SSSR count). The van der Waals surface area contributed by atoms with Gasteiger partial charge in [0, 0.05) is 12.7 Å². The Labute approximate surface area is 184 Å². The van der Waals surface area contributed by atoms with E-state index in [1.54, 1.807) is 0 Å². The van der Waals surface area contributed by atoms with E-state index in [-0.39, 0.29) is 6.54 Å². The van der Waals surface area contributed by atoms with Crippen LogP contribution in [0.5, 0.6) is 0 Å². The van der Waals surface area contributed by atoms with E-state index >= 15 is 0 Å². The van der Waals surface area contributed by atoms with Gasteiger partial charge in [-0.25, -0.2) is 9.18 Å². The van der Waals surface area contributed by atoms with Crippen LogP contribution in [0.15, 0.2) is 48.5 Å². The van der Waals surface area contributed by atoms with E-state index in [1.165, 1.54) is 31.3 Å². The van der Waals surface area contributed by atoms with E-state index < -0.39 is 41.7 Å². The minimum Gasteiger partial charge on any atom is -0.335 e. The highest BCUT2D eigenvalue weighted by atomic mass is 19.1. The molecule has 0 unspecified atom stereocenters. The number of nitrogens with one attached hydrogen (secondary N) is 2. The number of nitrogens with zero attached hydrogens (tertiary/aromatic N) is 2. The topological polar surface area (TPSA) is 98.8 Å². The lowest BCUT2D eigenvalue weighted by molar-refractivity contribution is -0.139. The van der Waals surface area contributed by atoms with Crippen LogP contribution in [0.4, 0.5) is 14.9 Å². The lowest BCUT2D eigenvalue weighted by atomic mass is 9.76. The summed E-state index contributed by atoms with van der Waals surface area (Å²) in [6, 6.07) is 12.1. The summed E-state index contributed by atoms with van der Waals surface area (Å²) in [5.74, 6) is -1.92. The Morgan fingerprint density at radius 1 is 1.16 bits per heavy atom. The Morgan fingerprint density at radius 2 is 1.88 bits per heavy atom. The van der Waals surface area contributed by atoms with Crippen LogP contribution in [0.25, 0.3) is 0 Å². The Balaban J connectivity index is 1.41. The molecule has 1 fully saturated rings. The number of amides is 5. The molecule has 2 N–H and O–H groups in total. The first kappa shape index (κ1) is 21.5. The number of imide groups is 1. The summed E-state index contributed by atoms with van der Waals surface area (Å²) < 4.78 is 13.0. The number of anilines is 1. The molecule has 0 aromatic heterocycles. The molecule has 1 atom stereocenters. The number of aryl methyl sites for hydroxylation is 1. The number of hydrogen-bond acceptors (Lipinski definition) is 4. The second kappa shape index (κ2) is 8.41. The highest BCUT2D eigenvalue weighted by Gasteiger charge is 2.54. The number of rotatable bonds is 5. The number of carbonyl (C=O) groups is 4. The summed E-state index contributed by atoms with van der Waals surface area (Å²) in [5, 5.41) is 5.37. The molecule has 0 saturated carbocycles. The standard InChI is InChI=1S/C23H23FN4O4/c1-27(13-19(29)25-17-10-8-16(24)9-11-17)20(30)14-28-21(31)23(26-22(28)32)12-4-6-15-5-2-3-7-18(15)23/h2-3,5,7-11H,4,6,12-14H2,1H3,(H,25,29)(H,26,32)/t23-/m0/s1. The molecule has 32 heavy (non-hydrogen) atoms. The molecule has 1 spiro atoms. The second-order valence-electron chi connectivity index (χ2n) is 8.04. The first-order valence-electron chi connectivity index (χ1n) is 10.3. The number of carbonyl (C=O) groups excluding carboxylic acids is 4. The summed E-state index contributed by atoms with van der Waals surface area (Å²) in [4.78, 5) is 52.8. The van der Waals surface area contributed by atoms with Gasteiger partial charge in [0.1, 0.15) is 17.9 Å². The number of benzene rings is 2. The zero-order valence-electron chi connectivity index (χ0n) is 17.6. The maximum Gasteiger partial charge on any atom is 0.325 e. The number of hydrogen-bond donors (Lipinski definition) is 2. The van der Waals surface area contributed by atoms with Gasteiger partial charge >= 0.3 is 6.03 Å². The molecule has 2 aromatic carbocycles. The van der Waals surface area contributed by atoms with Crippen LogP contribution < -0.4 is 10.6 Å². The van der Waals surface area contributed by atoms with Gasteiger partial charge in [-0.15, -0.1) is 0 Å². The van der Waals surface area contributed by atoms with Crippen LogP contribution in [-0.4, -0.2) is 53.7 Å². The molecule has 0 bridgehead atoms. The molecule has 1 saturated heterocycles. The van der Waals surface area contributed by atoms with Crippen molar-refractivity contribution in [3.8, 4) is 0 Å². The van der Waals surface area contributed by atoms with Crippen molar-refractivity contribution in [2.45, 2.75) is 24.8 Å². The Bertz CT molecular complexity index is 1090. The molecule has 9 heteroatoms. The number of halogens is 1. The summed E-state index contributed by atoms with van der Waals surface area (Å²) in [5.41, 5.74) is 1.02. The van der Waals surface area contributed by atoms with Crippen LogP contribution in [-0.2, 0) is 26.3 Å². The predicted molar refractivity (Wildman–Crippen MR) is 114 cm³/mol. The van der Waals surface area contributed by atoms with Crippen LogP contribution in [0, 0.1) is 5.82 Å². The molecule has 1 heterocycles. The van der Waals surface area contributed by atoms with Crippen LogP contribution in [0.3, 0.4) is 0 Å². The molecule has 5 amide bonds. The third-order valence-corrected chi connectivity index (χ3v) is 5.88. The van der Waals surface area contributed by atoms with Gasteiger partial charge in [-0.05, 0) is 54.7 Å². The van der Waals surface area contributed by atoms with E-state index in [2.05, 4.69) is 10.6 Å². The summed E-state index contributed by atoms with van der Waals surface area (Å²) in [6.07, 6.45) is 2.04. The zero-order chi connectivity index (χ0) is 22.9. The number of urea groups is 1. The molecule has 2 aliphatic rings. The van der Waals surface area contributed by atoms with Crippen molar-refractivity contribution >= 4 is 29.4 Å². The van der Waals surface area contributed by atoms with E-state index in [1.807, 2.05) is 24.3 Å². The third-order valence-electron chi connectivity index (χ3n) is 5.88. The van der Waals surface area contributed by atoms with Gasteiger partial charge in [-0.2, -0.15) is 0 Å². The van der Waals surface area contributed by atoms with Crippen molar-refractivity contribution in [2.75, 3.05) is 25.5 Å². The lowest BCUT2D eigenvalue weighted by Crippen LogP contribution is -2.47. The Kier molecular flexibility index (Phi) is 5.65. The van der Waals surface area contributed by atoms with Crippen molar-refractivity contribution in [3.63, 3.8) is 0 Å². The minimum absolute atomic E-state index is 0.284. The average molecular weight is 438 g/mol. The summed E-state index contributed by atoms with van der Waals surface area (Å²) in [7, 11) is 1.41. The van der Waals surface area contributed by atoms with E-state index in [0.29, 0.717) is 12.1 Å². The van der Waals surface area contributed by atoms with Crippen LogP contribution in [0.1, 0.15) is 24.0 Å². The van der Waals surface area contributed by atoms with Crippen LogP contribution >= 0.6 is 0 Å². The zero-order valence-corrected chi connectivity index (χ0v) is 17.6. The van der Waals surface area contributed by atoms with E-state index in [9.17, 15) is 23.6 Å². The average Bonchev–Trinajstić information content (AvgIpc) is 3.00. The molecule has 2 aromatic rings. The summed E-state index contributed by atoms with van der Waals surface area (Å²) >= 11 is 0. The first-order chi connectivity index (χ1) is 15.3. The number of likely N-dealkylation sites (N-methyl/N-ethyl adjacent to an activating group) is 1. The van der Waals surface area contributed by atoms with Gasteiger partial charge in [0.25, 0.3) is 5.91 Å². The molecule has 8 nitrogen and oxygen atoms in total. The fourth-order valence-electron chi connectivity index (χ4n) is 4.25. The largest absolute Gasteiger partial charge is 0.335 e. The lowest BCUT2D eigenvalue weighted by Gasteiger charge is -2.33. The molecule has 166 valence electrons. The molecule has 0 radical (unpaired) electrons. The van der Waals surface area contributed by atoms with Gasteiger partial charge in [-0.1, -0.05) is 24.3 Å². The van der Waals surface area contributed by atoms with Crippen molar-refractivity contribution in [1.82, 2.24) is 15.1 Å². The SMILES string of the molecule is CN(CC(=O)Nc1ccc(F)cc1)C(=O)CN1C(=O)N[C@]2(CCCc3ccccc32)C1=O. The van der Waals surface area contributed by atoms with Gasteiger partial charge in [0.15, 0.2) is 0 Å². The quantitative estimate of drug-likeness (QED) is 0.698. The Hall–Kier alpha value is -3.75. The van der Waals surface area contributed by atoms with Gasteiger partial charge in [-0.3, -0.25) is 19.3 Å². The van der Waals surface area contributed by atoms with Gasteiger partial charge < -0.3 is 15.5 Å². The highest BCUT2D eigenvalue weighted by Crippen LogP contribution is 2.39. The molecular formula is C23H23FN4O4. The predicted octanol–water partition coefficient (Wildman–Crippen LogP) is 2.01. The van der Waals surface area contributed by atoms with Crippen molar-refractivity contribution in [1.29, 1.82) is 0 Å². The van der Waals surface area contributed by atoms with E-state index in [4.69, 9.17) is 0 Å². The molecular weight excluding hydrogens is 415 g/mol. The van der Waals surface area contributed by atoms with Crippen molar-refractivity contribution < 1.29 is 23.6 Å². The fourth-order valence-corrected chi connectivity index (χ4v) is 4.25. The summed E-state index contributed by atoms with van der Waals surface area (Å²) in [6.45, 7) is -0.747. The normalized spacial score (nSPS) is 19.5. The Morgan fingerprint density at radius 3 is 2.62 bits per heavy atom. The fraction of sp³-hybridized carbons (Fsp3) is 0.304. The van der Waals surface area contributed by atoms with Gasteiger partial charge in [0.2, 0.25) is 11.8 Å². The third kappa shape index (κ3) is 3.93. The van der Waals surface area contributed by atoms with Crippen LogP contribution in [0.2, 0.25) is 0 Å². The van der Waals surface area contributed by atoms with Crippen molar-refractivity contribution in [3.05, 3.63) is 65.5 Å². The number of fused-ring (bicyclic) bond motifs is 2. The monoisotopic (exact) mass is 438 g/mol. The first-order valence-corrected chi connectivity index (χ1v) is 10.3.